The van der Waals surface area contributed by atoms with Gasteiger partial charge in [-0.05, 0) is 38.5 Å². The number of aliphatic hydroxyl groups excluding tert-OH is 1. The van der Waals surface area contributed by atoms with Gasteiger partial charge in [0.2, 0.25) is 0 Å². The number of ether oxygens (including phenoxy) is 1. The highest BCUT2D eigenvalue weighted by Crippen LogP contribution is 2.25. The van der Waals surface area contributed by atoms with E-state index >= 15 is 0 Å². The molecular weight excluding hydrogens is 317 g/mol. The van der Waals surface area contributed by atoms with Crippen molar-refractivity contribution in [1.82, 2.24) is 4.98 Å². The van der Waals surface area contributed by atoms with E-state index in [4.69, 9.17) is 4.74 Å². The number of hydrogen-bond donors (Lipinski definition) is 2. The maximum atomic E-state index is 13.5. The van der Waals surface area contributed by atoms with Crippen LogP contribution in [0.25, 0.3) is 0 Å². The largest absolute Gasteiger partial charge is 0.460 e. The molecule has 0 radical (unpaired) electrons. The topological polar surface area (TPSA) is 62.3 Å². The predicted octanol–water partition coefficient (Wildman–Crippen LogP) is 3.77. The smallest absolute Gasteiger partial charge is 0.355 e. The van der Waals surface area contributed by atoms with E-state index in [1.165, 1.54) is 17.8 Å². The lowest BCUT2D eigenvalue weighted by Gasteiger charge is -2.06. The van der Waals surface area contributed by atoms with Gasteiger partial charge in [0.05, 0.1) is 6.10 Å². The average molecular weight is 337 g/mol. The van der Waals surface area contributed by atoms with Crippen LogP contribution in [-0.4, -0.2) is 28.4 Å². The highest BCUT2D eigenvalue weighted by molar-refractivity contribution is 7.99. The summed E-state index contributed by atoms with van der Waals surface area (Å²) >= 11 is 1.30. The van der Waals surface area contributed by atoms with Crippen LogP contribution in [0.4, 0.5) is 4.39 Å². The Balaban J connectivity index is 1.91. The highest BCUT2D eigenvalue weighted by Gasteiger charge is 2.20. The number of thioether (sulfide) groups is 1. The second-order valence-corrected chi connectivity index (χ2v) is 6.39. The average Bonchev–Trinajstić information content (AvgIpc) is 2.80. The molecule has 0 fully saturated rings. The Morgan fingerprint density at radius 1 is 1.39 bits per heavy atom. The normalized spacial score (nSPS) is 12.2. The van der Waals surface area contributed by atoms with Gasteiger partial charge in [-0.3, -0.25) is 0 Å². The van der Waals surface area contributed by atoms with Gasteiger partial charge in [0.1, 0.15) is 18.1 Å². The summed E-state index contributed by atoms with van der Waals surface area (Å²) in [6, 6.07) is 6.49. The first kappa shape index (κ1) is 17.6. The highest BCUT2D eigenvalue weighted by atomic mass is 32.2. The molecule has 1 aromatic heterocycles. The van der Waals surface area contributed by atoms with Gasteiger partial charge in [0.15, 0.2) is 0 Å². The third-order valence-electron chi connectivity index (χ3n) is 3.53. The molecule has 0 spiro atoms. The van der Waals surface area contributed by atoms with Gasteiger partial charge >= 0.3 is 5.97 Å². The fourth-order valence-electron chi connectivity index (χ4n) is 2.52. The second-order valence-electron chi connectivity index (χ2n) is 5.25. The number of nitrogens with one attached hydrogen (secondary N) is 1. The first-order valence-corrected chi connectivity index (χ1v) is 8.32. The van der Waals surface area contributed by atoms with E-state index in [-0.39, 0.29) is 12.4 Å². The van der Waals surface area contributed by atoms with Crippen molar-refractivity contribution < 1.29 is 19.0 Å². The number of benzene rings is 1. The SMILES string of the molecule is Cc1[nH]c(C(=O)OCCSc2ccccc2F)c(C)c1[C@@H](C)O. The first-order valence-electron chi connectivity index (χ1n) is 7.33. The quantitative estimate of drug-likeness (QED) is 0.478. The van der Waals surface area contributed by atoms with Crippen LogP contribution in [0.1, 0.15) is 40.3 Å². The summed E-state index contributed by atoms with van der Waals surface area (Å²) in [5, 5.41) is 9.74. The molecule has 2 rings (SSSR count). The molecule has 0 aliphatic carbocycles. The minimum Gasteiger partial charge on any atom is -0.460 e. The van der Waals surface area contributed by atoms with Crippen molar-refractivity contribution in [2.24, 2.45) is 0 Å². The summed E-state index contributed by atoms with van der Waals surface area (Å²) in [5.74, 6) is -0.276. The van der Waals surface area contributed by atoms with Crippen LogP contribution < -0.4 is 0 Å². The van der Waals surface area contributed by atoms with Crippen LogP contribution >= 0.6 is 11.8 Å². The summed E-state index contributed by atoms with van der Waals surface area (Å²) < 4.78 is 18.7. The number of aromatic amines is 1. The van der Waals surface area contributed by atoms with Gasteiger partial charge in [0, 0.05) is 21.9 Å². The Morgan fingerprint density at radius 3 is 2.70 bits per heavy atom. The lowest BCUT2D eigenvalue weighted by Crippen LogP contribution is -2.10. The maximum absolute atomic E-state index is 13.5. The van der Waals surface area contributed by atoms with Crippen molar-refractivity contribution >= 4 is 17.7 Å². The maximum Gasteiger partial charge on any atom is 0.355 e. The Bertz CT molecular complexity index is 697. The molecule has 4 nitrogen and oxygen atoms in total. The van der Waals surface area contributed by atoms with Gasteiger partial charge in [-0.1, -0.05) is 12.1 Å². The van der Waals surface area contributed by atoms with Crippen LogP contribution in [0.15, 0.2) is 29.2 Å². The van der Waals surface area contributed by atoms with E-state index in [0.717, 1.165) is 11.3 Å². The molecule has 6 heteroatoms. The van der Waals surface area contributed by atoms with Crippen LogP contribution in [0.3, 0.4) is 0 Å². The predicted molar refractivity (Wildman–Crippen MR) is 88.3 cm³/mol. The van der Waals surface area contributed by atoms with Gasteiger partial charge in [-0.15, -0.1) is 11.8 Å². The van der Waals surface area contributed by atoms with Crippen molar-refractivity contribution in [3.05, 3.63) is 52.6 Å². The minimum atomic E-state index is -0.649. The van der Waals surface area contributed by atoms with Crippen molar-refractivity contribution in [2.45, 2.75) is 31.8 Å². The van der Waals surface area contributed by atoms with Gasteiger partial charge in [-0.25, -0.2) is 9.18 Å². The van der Waals surface area contributed by atoms with E-state index in [1.807, 2.05) is 0 Å². The summed E-state index contributed by atoms with van der Waals surface area (Å²) in [5.41, 5.74) is 2.53. The van der Waals surface area contributed by atoms with Gasteiger partial charge in [-0.2, -0.15) is 0 Å². The Kier molecular flexibility index (Phi) is 5.85. The van der Waals surface area contributed by atoms with Crippen molar-refractivity contribution in [3.63, 3.8) is 0 Å². The van der Waals surface area contributed by atoms with Crippen molar-refractivity contribution in [2.75, 3.05) is 12.4 Å². The van der Waals surface area contributed by atoms with E-state index < -0.39 is 12.1 Å². The number of rotatable bonds is 6. The number of esters is 1. The van der Waals surface area contributed by atoms with E-state index in [9.17, 15) is 14.3 Å². The number of carbonyl (C=O) groups excluding carboxylic acids is 1. The fourth-order valence-corrected chi connectivity index (χ4v) is 3.28. The molecule has 0 unspecified atom stereocenters. The summed E-state index contributed by atoms with van der Waals surface area (Å²) in [4.78, 5) is 15.6. The van der Waals surface area contributed by atoms with Crippen LogP contribution in [0, 0.1) is 19.7 Å². The standard InChI is InChI=1S/C17H20FNO3S/c1-10-15(12(3)20)11(2)19-16(10)17(21)22-8-9-23-14-7-5-4-6-13(14)18/h4-7,12,19-20H,8-9H2,1-3H3/t12-/m1/s1. The third kappa shape index (κ3) is 4.14. The molecule has 1 atom stereocenters. The Morgan fingerprint density at radius 2 is 2.09 bits per heavy atom. The van der Waals surface area contributed by atoms with Crippen LogP contribution in [0.5, 0.6) is 0 Å². The number of aromatic nitrogens is 1. The number of aliphatic hydroxyl groups is 1. The monoisotopic (exact) mass is 337 g/mol. The van der Waals surface area contributed by atoms with Gasteiger partial charge < -0.3 is 14.8 Å². The summed E-state index contributed by atoms with van der Waals surface area (Å²) in [7, 11) is 0. The zero-order valence-corrected chi connectivity index (χ0v) is 14.2. The zero-order chi connectivity index (χ0) is 17.0. The molecule has 1 heterocycles. The van der Waals surface area contributed by atoms with E-state index in [0.29, 0.717) is 21.9 Å². The number of carbonyl (C=O) groups is 1. The lowest BCUT2D eigenvalue weighted by atomic mass is 10.1. The number of halogens is 1. The zero-order valence-electron chi connectivity index (χ0n) is 13.4. The minimum absolute atomic E-state index is 0.180. The van der Waals surface area contributed by atoms with Crippen molar-refractivity contribution in [3.8, 4) is 0 Å². The molecule has 23 heavy (non-hydrogen) atoms. The number of H-pyrrole nitrogens is 1. The van der Waals surface area contributed by atoms with Crippen LogP contribution in [0.2, 0.25) is 0 Å². The van der Waals surface area contributed by atoms with Crippen LogP contribution in [-0.2, 0) is 4.74 Å². The molecular formula is C17H20FNO3S. The Hall–Kier alpha value is -1.79. The molecule has 1 aromatic carbocycles. The van der Waals surface area contributed by atoms with E-state index in [2.05, 4.69) is 4.98 Å². The molecule has 2 N–H and O–H groups in total. The molecule has 0 aliphatic rings. The molecule has 0 saturated heterocycles. The lowest BCUT2D eigenvalue weighted by molar-refractivity contribution is 0.0523. The third-order valence-corrected chi connectivity index (χ3v) is 4.54. The molecule has 0 bridgehead atoms. The molecule has 0 amide bonds. The Labute approximate surface area is 139 Å². The summed E-state index contributed by atoms with van der Waals surface area (Å²) in [6.07, 6.45) is -0.649. The first-order chi connectivity index (χ1) is 10.9. The molecule has 0 aliphatic heterocycles. The molecule has 0 saturated carbocycles. The molecule has 2 aromatic rings. The molecule has 124 valence electrons. The number of aryl methyl sites for hydroxylation is 1. The van der Waals surface area contributed by atoms with Gasteiger partial charge in [0.25, 0.3) is 0 Å². The second kappa shape index (κ2) is 7.66. The number of hydrogen-bond acceptors (Lipinski definition) is 4. The fraction of sp³-hybridized carbons (Fsp3) is 0.353. The summed E-state index contributed by atoms with van der Waals surface area (Å²) in [6.45, 7) is 5.42. The van der Waals surface area contributed by atoms with Crippen molar-refractivity contribution in [1.29, 1.82) is 0 Å². The van der Waals surface area contributed by atoms with E-state index in [1.54, 1.807) is 39.0 Å².